The predicted octanol–water partition coefficient (Wildman–Crippen LogP) is 13.3. The summed E-state index contributed by atoms with van der Waals surface area (Å²) in [5, 5.41) is 10.3. The van der Waals surface area contributed by atoms with E-state index in [4.69, 9.17) is 0 Å². The molecule has 1 nitrogen and oxygen atoms in total. The zero-order chi connectivity index (χ0) is 31.3. The van der Waals surface area contributed by atoms with Crippen molar-refractivity contribution >= 4 is 80.9 Å². The summed E-state index contributed by atoms with van der Waals surface area (Å²) < 4.78 is 2.64. The number of thiophene rings is 1. The topological polar surface area (TPSA) is 3.24 Å². The van der Waals surface area contributed by atoms with Gasteiger partial charge in [-0.05, 0) is 91.5 Å². The minimum absolute atomic E-state index is 0.0772. The first-order valence-corrected chi connectivity index (χ1v) is 17.2. The third kappa shape index (κ3) is 3.83. The standard InChI is InChI=1S/C45H31NS/c1-45(2)39-14-7-5-13-37(39)44-40(45)15-9-16-41(44)46(31-21-25-43-38(27-31)36-12-6-8-17-42(36)47-43)30-20-24-33-29(26-30)19-23-34-32-11-4-3-10-28(32)18-22-35(33)34/h3-27H,1-2H3. The van der Waals surface area contributed by atoms with E-state index >= 15 is 0 Å². The molecule has 1 aromatic heterocycles. The van der Waals surface area contributed by atoms with Crippen LogP contribution in [-0.2, 0) is 5.41 Å². The molecule has 0 aliphatic heterocycles. The van der Waals surface area contributed by atoms with Crippen LogP contribution >= 0.6 is 11.3 Å². The van der Waals surface area contributed by atoms with Gasteiger partial charge in [0.1, 0.15) is 0 Å². The average Bonchev–Trinajstić information content (AvgIpc) is 3.60. The number of rotatable bonds is 3. The third-order valence-electron chi connectivity index (χ3n) is 10.4. The molecule has 0 saturated heterocycles. The van der Waals surface area contributed by atoms with Gasteiger partial charge in [0.15, 0.2) is 0 Å². The van der Waals surface area contributed by atoms with E-state index in [-0.39, 0.29) is 5.41 Å². The lowest BCUT2D eigenvalue weighted by Crippen LogP contribution is -2.16. The van der Waals surface area contributed by atoms with E-state index in [9.17, 15) is 0 Å². The smallest absolute Gasteiger partial charge is 0.0543 e. The van der Waals surface area contributed by atoms with Crippen LogP contribution < -0.4 is 4.90 Å². The van der Waals surface area contributed by atoms with Crippen LogP contribution in [0.25, 0.3) is 63.6 Å². The molecule has 1 heterocycles. The summed E-state index contributed by atoms with van der Waals surface area (Å²) >= 11 is 1.87. The molecule has 0 radical (unpaired) electrons. The highest BCUT2D eigenvalue weighted by Gasteiger charge is 2.37. The van der Waals surface area contributed by atoms with Crippen LogP contribution in [0.5, 0.6) is 0 Å². The SMILES string of the molecule is CC1(C)c2ccccc2-c2c(N(c3ccc4c(ccc5c6ccccc6ccc45)c3)c3ccc4sc5ccccc5c4c3)cccc21. The Labute approximate surface area is 278 Å². The van der Waals surface area contributed by atoms with Crippen molar-refractivity contribution in [2.45, 2.75) is 19.3 Å². The van der Waals surface area contributed by atoms with Crippen LogP contribution in [0.1, 0.15) is 25.0 Å². The lowest BCUT2D eigenvalue weighted by atomic mass is 9.82. The highest BCUT2D eigenvalue weighted by atomic mass is 32.1. The highest BCUT2D eigenvalue weighted by Crippen LogP contribution is 2.54. The number of fused-ring (bicyclic) bond motifs is 11. The van der Waals surface area contributed by atoms with E-state index in [1.807, 2.05) is 11.3 Å². The average molecular weight is 618 g/mol. The third-order valence-corrected chi connectivity index (χ3v) is 11.6. The fourth-order valence-electron chi connectivity index (χ4n) is 8.16. The second kappa shape index (κ2) is 9.78. The van der Waals surface area contributed by atoms with Crippen molar-refractivity contribution in [3.05, 3.63) is 163 Å². The zero-order valence-electron chi connectivity index (χ0n) is 26.3. The molecule has 0 fully saturated rings. The van der Waals surface area contributed by atoms with Gasteiger partial charge >= 0.3 is 0 Å². The molecular weight excluding hydrogens is 587 g/mol. The molecule has 10 rings (SSSR count). The van der Waals surface area contributed by atoms with Crippen LogP contribution in [0.4, 0.5) is 17.1 Å². The van der Waals surface area contributed by atoms with Crippen molar-refractivity contribution in [2.75, 3.05) is 4.90 Å². The molecule has 0 atom stereocenters. The minimum atomic E-state index is -0.0772. The van der Waals surface area contributed by atoms with Gasteiger partial charge in [0.2, 0.25) is 0 Å². The van der Waals surface area contributed by atoms with Crippen LogP contribution in [0.2, 0.25) is 0 Å². The molecule has 0 saturated carbocycles. The predicted molar refractivity (Wildman–Crippen MR) is 204 cm³/mol. The number of hydrogen-bond donors (Lipinski definition) is 0. The first-order chi connectivity index (χ1) is 23.1. The maximum absolute atomic E-state index is 2.49. The summed E-state index contributed by atoms with van der Waals surface area (Å²) in [5.41, 5.74) is 8.88. The van der Waals surface area contributed by atoms with Crippen molar-refractivity contribution in [1.29, 1.82) is 0 Å². The summed E-state index contributed by atoms with van der Waals surface area (Å²) in [6.45, 7) is 4.72. The Morgan fingerprint density at radius 1 is 0.447 bits per heavy atom. The molecule has 0 amide bonds. The molecule has 0 unspecified atom stereocenters. The molecule has 9 aromatic rings. The normalized spacial score (nSPS) is 13.5. The molecule has 222 valence electrons. The number of benzene rings is 8. The molecule has 8 aromatic carbocycles. The van der Waals surface area contributed by atoms with Gasteiger partial charge in [-0.25, -0.2) is 0 Å². The quantitative estimate of drug-likeness (QED) is 0.178. The summed E-state index contributed by atoms with van der Waals surface area (Å²) in [4.78, 5) is 2.49. The van der Waals surface area contributed by atoms with E-state index in [0.717, 1.165) is 5.69 Å². The van der Waals surface area contributed by atoms with Crippen LogP contribution in [0.15, 0.2) is 152 Å². The van der Waals surface area contributed by atoms with Crippen molar-refractivity contribution in [3.8, 4) is 11.1 Å². The van der Waals surface area contributed by atoms with Gasteiger partial charge in [0, 0.05) is 42.5 Å². The van der Waals surface area contributed by atoms with Crippen molar-refractivity contribution in [3.63, 3.8) is 0 Å². The zero-order valence-corrected chi connectivity index (χ0v) is 27.1. The first-order valence-electron chi connectivity index (χ1n) is 16.4. The second-order valence-corrected chi connectivity index (χ2v) is 14.4. The molecular formula is C45H31NS. The Bertz CT molecular complexity index is 2730. The summed E-state index contributed by atoms with van der Waals surface area (Å²) in [7, 11) is 0. The van der Waals surface area contributed by atoms with E-state index in [1.165, 1.54) is 86.1 Å². The molecule has 0 N–H and O–H groups in total. The second-order valence-electron chi connectivity index (χ2n) is 13.3. The first kappa shape index (κ1) is 26.7. The minimum Gasteiger partial charge on any atom is -0.310 e. The van der Waals surface area contributed by atoms with Gasteiger partial charge in [-0.3, -0.25) is 0 Å². The van der Waals surface area contributed by atoms with Gasteiger partial charge in [-0.2, -0.15) is 0 Å². The number of hydrogen-bond acceptors (Lipinski definition) is 2. The highest BCUT2D eigenvalue weighted by molar-refractivity contribution is 7.25. The lowest BCUT2D eigenvalue weighted by Gasteiger charge is -2.29. The Morgan fingerprint density at radius 3 is 1.98 bits per heavy atom. The van der Waals surface area contributed by atoms with Crippen LogP contribution in [0.3, 0.4) is 0 Å². The van der Waals surface area contributed by atoms with Gasteiger partial charge in [0.05, 0.1) is 5.69 Å². The fourth-order valence-corrected chi connectivity index (χ4v) is 9.24. The van der Waals surface area contributed by atoms with E-state index < -0.39 is 0 Å². The maximum Gasteiger partial charge on any atom is 0.0543 e. The summed E-state index contributed by atoms with van der Waals surface area (Å²) in [5.74, 6) is 0. The van der Waals surface area contributed by atoms with Gasteiger partial charge in [-0.15, -0.1) is 11.3 Å². The number of anilines is 3. The van der Waals surface area contributed by atoms with Crippen LogP contribution in [-0.4, -0.2) is 0 Å². The Hall–Kier alpha value is -5.44. The molecule has 0 spiro atoms. The molecule has 2 heteroatoms. The molecule has 0 bridgehead atoms. The molecule has 47 heavy (non-hydrogen) atoms. The lowest BCUT2D eigenvalue weighted by molar-refractivity contribution is 0.660. The summed E-state index contributed by atoms with van der Waals surface area (Å²) in [6.07, 6.45) is 0. The Morgan fingerprint density at radius 2 is 1.09 bits per heavy atom. The fraction of sp³-hybridized carbons (Fsp3) is 0.0667. The largest absolute Gasteiger partial charge is 0.310 e. The molecule has 1 aliphatic rings. The molecule has 1 aliphatic carbocycles. The van der Waals surface area contributed by atoms with E-state index in [0.29, 0.717) is 0 Å². The van der Waals surface area contributed by atoms with Crippen molar-refractivity contribution in [2.24, 2.45) is 0 Å². The summed E-state index contributed by atoms with van der Waals surface area (Å²) in [6, 6.07) is 56.5. The van der Waals surface area contributed by atoms with Crippen molar-refractivity contribution in [1.82, 2.24) is 0 Å². The van der Waals surface area contributed by atoms with Gasteiger partial charge < -0.3 is 4.90 Å². The van der Waals surface area contributed by atoms with Gasteiger partial charge in [0.25, 0.3) is 0 Å². The Kier molecular flexibility index (Phi) is 5.57. The van der Waals surface area contributed by atoms with Crippen LogP contribution in [0, 0.1) is 0 Å². The monoisotopic (exact) mass is 617 g/mol. The maximum atomic E-state index is 2.49. The Balaban J connectivity index is 1.25. The number of nitrogens with zero attached hydrogens (tertiary/aromatic N) is 1. The van der Waals surface area contributed by atoms with E-state index in [1.54, 1.807) is 0 Å². The van der Waals surface area contributed by atoms with E-state index in [2.05, 4.69) is 170 Å². The van der Waals surface area contributed by atoms with Crippen molar-refractivity contribution < 1.29 is 0 Å². The van der Waals surface area contributed by atoms with Gasteiger partial charge in [-0.1, -0.05) is 123 Å².